The van der Waals surface area contributed by atoms with E-state index in [0.717, 1.165) is 12.0 Å². The maximum absolute atomic E-state index is 13.1. The van der Waals surface area contributed by atoms with Crippen LogP contribution in [0.3, 0.4) is 0 Å². The standard InChI is InChI=1S/C25H32O8/c1-16(2)30-24(29)25(33-19(5)28)14-21(13-9-12-20-10-7-6-8-11-20)23(32-18(4)27)22(15-25)31-17(3)26/h6-8,10-11,14,16,22-23H,9,12-13,15H2,1-5H3/t22-,23-,25+/m1/s1. The van der Waals surface area contributed by atoms with E-state index in [1.54, 1.807) is 13.8 Å². The molecule has 0 fully saturated rings. The van der Waals surface area contributed by atoms with Gasteiger partial charge in [-0.2, -0.15) is 0 Å². The highest BCUT2D eigenvalue weighted by atomic mass is 16.6. The van der Waals surface area contributed by atoms with E-state index in [-0.39, 0.29) is 6.42 Å². The zero-order valence-electron chi connectivity index (χ0n) is 19.8. The fraction of sp³-hybridized carbons (Fsp3) is 0.520. The summed E-state index contributed by atoms with van der Waals surface area (Å²) < 4.78 is 21.8. The van der Waals surface area contributed by atoms with Crippen molar-refractivity contribution in [2.75, 3.05) is 0 Å². The summed E-state index contributed by atoms with van der Waals surface area (Å²) in [5, 5.41) is 0. The van der Waals surface area contributed by atoms with Crippen molar-refractivity contribution < 1.29 is 38.1 Å². The molecule has 0 heterocycles. The molecule has 8 heteroatoms. The minimum absolute atomic E-state index is 0.224. The summed E-state index contributed by atoms with van der Waals surface area (Å²) in [6.45, 7) is 7.02. The van der Waals surface area contributed by atoms with E-state index in [9.17, 15) is 19.2 Å². The highest BCUT2D eigenvalue weighted by Crippen LogP contribution is 2.37. The molecule has 0 saturated carbocycles. The van der Waals surface area contributed by atoms with Crippen LogP contribution in [-0.4, -0.2) is 47.8 Å². The van der Waals surface area contributed by atoms with Crippen molar-refractivity contribution in [1.29, 1.82) is 0 Å². The Balaban J connectivity index is 2.46. The molecule has 0 unspecified atom stereocenters. The van der Waals surface area contributed by atoms with Crippen LogP contribution in [0.2, 0.25) is 0 Å². The van der Waals surface area contributed by atoms with Gasteiger partial charge in [-0.05, 0) is 50.3 Å². The molecule has 0 N–H and O–H groups in total. The van der Waals surface area contributed by atoms with Gasteiger partial charge in [-0.25, -0.2) is 4.79 Å². The average molecular weight is 461 g/mol. The number of ether oxygens (including phenoxy) is 4. The Labute approximate surface area is 194 Å². The van der Waals surface area contributed by atoms with Crippen LogP contribution < -0.4 is 0 Å². The molecule has 1 aromatic rings. The van der Waals surface area contributed by atoms with Gasteiger partial charge in [0.1, 0.15) is 6.10 Å². The van der Waals surface area contributed by atoms with Crippen molar-refractivity contribution in [1.82, 2.24) is 0 Å². The molecule has 0 spiro atoms. The predicted molar refractivity (Wildman–Crippen MR) is 119 cm³/mol. The molecule has 0 aromatic heterocycles. The van der Waals surface area contributed by atoms with E-state index >= 15 is 0 Å². The van der Waals surface area contributed by atoms with Crippen LogP contribution in [0.1, 0.15) is 59.4 Å². The number of hydrogen-bond acceptors (Lipinski definition) is 8. The van der Waals surface area contributed by atoms with Crippen molar-refractivity contribution >= 4 is 23.9 Å². The molecule has 1 aliphatic carbocycles. The zero-order chi connectivity index (χ0) is 24.6. The highest BCUT2D eigenvalue weighted by molar-refractivity contribution is 5.86. The summed E-state index contributed by atoms with van der Waals surface area (Å²) >= 11 is 0. The highest BCUT2D eigenvalue weighted by Gasteiger charge is 2.52. The lowest BCUT2D eigenvalue weighted by Gasteiger charge is -2.40. The Morgan fingerprint density at radius 2 is 1.58 bits per heavy atom. The maximum atomic E-state index is 13.1. The van der Waals surface area contributed by atoms with E-state index in [1.807, 2.05) is 30.3 Å². The third kappa shape index (κ3) is 7.73. The lowest BCUT2D eigenvalue weighted by Crippen LogP contribution is -2.53. The first kappa shape index (κ1) is 26.1. The third-order valence-corrected chi connectivity index (χ3v) is 5.02. The molecular formula is C25H32O8. The second kappa shape index (κ2) is 11.6. The summed E-state index contributed by atoms with van der Waals surface area (Å²) in [6.07, 6.45) is 0.701. The molecule has 1 aliphatic rings. The molecule has 0 bridgehead atoms. The zero-order valence-corrected chi connectivity index (χ0v) is 19.8. The first-order valence-corrected chi connectivity index (χ1v) is 11.0. The van der Waals surface area contributed by atoms with Crippen LogP contribution in [0.4, 0.5) is 0 Å². The number of carbonyl (C=O) groups excluding carboxylic acids is 4. The minimum atomic E-state index is -1.80. The average Bonchev–Trinajstić information content (AvgIpc) is 2.69. The topological polar surface area (TPSA) is 105 Å². The van der Waals surface area contributed by atoms with E-state index in [4.69, 9.17) is 18.9 Å². The summed E-state index contributed by atoms with van der Waals surface area (Å²) in [7, 11) is 0. The first-order valence-electron chi connectivity index (χ1n) is 11.0. The lowest BCUT2D eigenvalue weighted by molar-refractivity contribution is -0.189. The van der Waals surface area contributed by atoms with Gasteiger partial charge in [0, 0.05) is 27.2 Å². The fourth-order valence-corrected chi connectivity index (χ4v) is 3.91. The van der Waals surface area contributed by atoms with Crippen LogP contribution in [0.5, 0.6) is 0 Å². The van der Waals surface area contributed by atoms with Crippen LogP contribution in [0.25, 0.3) is 0 Å². The van der Waals surface area contributed by atoms with Gasteiger partial charge >= 0.3 is 23.9 Å². The van der Waals surface area contributed by atoms with Crippen LogP contribution >= 0.6 is 0 Å². The van der Waals surface area contributed by atoms with Crippen molar-refractivity contribution in [3.8, 4) is 0 Å². The van der Waals surface area contributed by atoms with Gasteiger partial charge in [-0.1, -0.05) is 30.3 Å². The molecule has 0 aliphatic heterocycles. The predicted octanol–water partition coefficient (Wildman–Crippen LogP) is 3.46. The molecule has 0 amide bonds. The summed E-state index contributed by atoms with van der Waals surface area (Å²) in [6, 6.07) is 9.83. The Morgan fingerprint density at radius 1 is 0.939 bits per heavy atom. The second-order valence-corrected chi connectivity index (χ2v) is 8.38. The largest absolute Gasteiger partial charge is 0.460 e. The first-order chi connectivity index (χ1) is 15.5. The number of carbonyl (C=O) groups is 4. The fourth-order valence-electron chi connectivity index (χ4n) is 3.91. The molecular weight excluding hydrogens is 428 g/mol. The monoisotopic (exact) mass is 460 g/mol. The van der Waals surface area contributed by atoms with E-state index < -0.39 is 47.8 Å². The number of aryl methyl sites for hydroxylation is 1. The molecule has 33 heavy (non-hydrogen) atoms. The van der Waals surface area contributed by atoms with Gasteiger partial charge in [0.25, 0.3) is 0 Å². The van der Waals surface area contributed by atoms with Gasteiger partial charge in [0.05, 0.1) is 6.10 Å². The van der Waals surface area contributed by atoms with Gasteiger partial charge in [0.15, 0.2) is 6.10 Å². The summed E-state index contributed by atoms with van der Waals surface area (Å²) in [4.78, 5) is 48.7. The van der Waals surface area contributed by atoms with Crippen molar-refractivity contribution in [3.63, 3.8) is 0 Å². The summed E-state index contributed by atoms with van der Waals surface area (Å²) in [5.41, 5.74) is -0.143. The molecule has 3 atom stereocenters. The number of hydrogen-bond donors (Lipinski definition) is 0. The van der Waals surface area contributed by atoms with Gasteiger partial charge in [-0.3, -0.25) is 14.4 Å². The Kier molecular flexibility index (Phi) is 9.20. The van der Waals surface area contributed by atoms with Gasteiger partial charge < -0.3 is 18.9 Å². The molecule has 0 radical (unpaired) electrons. The molecule has 1 aromatic carbocycles. The minimum Gasteiger partial charge on any atom is -0.460 e. The smallest absolute Gasteiger partial charge is 0.355 e. The SMILES string of the molecule is CC(=O)O[C@@H]1C(CCCc2ccccc2)=C[C@@](OC(C)=O)(C(=O)OC(C)C)C[C@H]1OC(C)=O. The second-order valence-electron chi connectivity index (χ2n) is 8.38. The van der Waals surface area contributed by atoms with Crippen molar-refractivity contribution in [2.45, 2.75) is 84.2 Å². The molecule has 0 saturated heterocycles. The Morgan fingerprint density at radius 3 is 2.12 bits per heavy atom. The summed E-state index contributed by atoms with van der Waals surface area (Å²) in [5.74, 6) is -2.64. The van der Waals surface area contributed by atoms with E-state index in [0.29, 0.717) is 18.4 Å². The molecule has 8 nitrogen and oxygen atoms in total. The van der Waals surface area contributed by atoms with Gasteiger partial charge in [0.2, 0.25) is 5.60 Å². The van der Waals surface area contributed by atoms with Crippen molar-refractivity contribution in [3.05, 3.63) is 47.5 Å². The van der Waals surface area contributed by atoms with Crippen LogP contribution in [0.15, 0.2) is 42.0 Å². The van der Waals surface area contributed by atoms with Crippen LogP contribution in [-0.2, 0) is 44.5 Å². The third-order valence-electron chi connectivity index (χ3n) is 5.02. The Bertz CT molecular complexity index is 889. The van der Waals surface area contributed by atoms with Crippen molar-refractivity contribution in [2.24, 2.45) is 0 Å². The molecule has 2 rings (SSSR count). The quantitative estimate of drug-likeness (QED) is 0.313. The van der Waals surface area contributed by atoms with E-state index in [1.165, 1.54) is 26.8 Å². The number of rotatable bonds is 9. The van der Waals surface area contributed by atoms with E-state index in [2.05, 4.69) is 0 Å². The lowest BCUT2D eigenvalue weighted by atomic mass is 9.80. The van der Waals surface area contributed by atoms with Crippen LogP contribution in [0, 0.1) is 0 Å². The molecule has 180 valence electrons. The van der Waals surface area contributed by atoms with Gasteiger partial charge in [-0.15, -0.1) is 0 Å². The number of esters is 4. The number of benzene rings is 1. The Hall–Kier alpha value is -3.16. The normalized spacial score (nSPS) is 22.2. The maximum Gasteiger partial charge on any atom is 0.355 e.